The lowest BCUT2D eigenvalue weighted by Gasteiger charge is -2.27. The number of carbonyl (C=O) groups excluding carboxylic acids is 1. The van der Waals surface area contributed by atoms with Gasteiger partial charge in [-0.1, -0.05) is 0 Å². The first-order valence-corrected chi connectivity index (χ1v) is 14.7. The van der Waals surface area contributed by atoms with Gasteiger partial charge in [0.25, 0.3) is 15.9 Å². The van der Waals surface area contributed by atoms with E-state index in [1.807, 2.05) is 28.6 Å². The van der Waals surface area contributed by atoms with Crippen molar-refractivity contribution in [1.82, 2.24) is 19.8 Å². The van der Waals surface area contributed by atoms with Crippen LogP contribution in [0.5, 0.6) is 11.6 Å². The standard InChI is InChI=1S/C26H24F3N5O4S.C2HF3O2/c1-33-22-8-5-20(14-17(22)15-23(33)25(35)34-12-10-30-11-13-34)38-24-9-4-19(16-31-24)32-39(36,37)21-6-2-18(3-7-21)26(27,28)29;3-2(4,5)1(6)7/h2-9,14-16,30,32H,10-13H2,1H3;(H,6,7). The molecule has 0 radical (unpaired) electrons. The number of halogens is 6. The molecule has 0 unspecified atom stereocenters. The molecule has 1 aliphatic rings. The summed E-state index contributed by atoms with van der Waals surface area (Å²) in [5.74, 6) is -2.12. The molecule has 3 heterocycles. The van der Waals surface area contributed by atoms with Gasteiger partial charge in [0.15, 0.2) is 0 Å². The van der Waals surface area contributed by atoms with Crippen LogP contribution in [0.25, 0.3) is 10.9 Å². The molecule has 1 saturated heterocycles. The molecular weight excluding hydrogens is 648 g/mol. The molecule has 46 heavy (non-hydrogen) atoms. The van der Waals surface area contributed by atoms with Crippen LogP contribution in [0.3, 0.4) is 0 Å². The first-order chi connectivity index (χ1) is 21.5. The number of benzene rings is 2. The van der Waals surface area contributed by atoms with Crippen LogP contribution in [-0.2, 0) is 28.0 Å². The highest BCUT2D eigenvalue weighted by molar-refractivity contribution is 7.92. The number of hydrogen-bond donors (Lipinski definition) is 3. The van der Waals surface area contributed by atoms with E-state index in [4.69, 9.17) is 14.6 Å². The summed E-state index contributed by atoms with van der Waals surface area (Å²) < 4.78 is 105. The van der Waals surface area contributed by atoms with Crippen molar-refractivity contribution in [2.24, 2.45) is 7.05 Å². The zero-order chi connectivity index (χ0) is 33.9. The predicted molar refractivity (Wildman–Crippen MR) is 152 cm³/mol. The number of amides is 1. The highest BCUT2D eigenvalue weighted by atomic mass is 32.2. The Morgan fingerprint density at radius 3 is 2.13 bits per heavy atom. The highest BCUT2D eigenvalue weighted by Gasteiger charge is 2.38. The third kappa shape index (κ3) is 8.25. The van der Waals surface area contributed by atoms with E-state index in [2.05, 4.69) is 15.0 Å². The van der Waals surface area contributed by atoms with Gasteiger partial charge in [0.05, 0.1) is 22.3 Å². The lowest BCUT2D eigenvalue weighted by atomic mass is 10.2. The molecule has 11 nitrogen and oxygen atoms in total. The van der Waals surface area contributed by atoms with E-state index in [9.17, 15) is 39.6 Å². The molecule has 1 fully saturated rings. The number of sulfonamides is 1. The molecule has 246 valence electrons. The second kappa shape index (κ2) is 13.3. The van der Waals surface area contributed by atoms with E-state index in [-0.39, 0.29) is 22.4 Å². The minimum absolute atomic E-state index is 0.0336. The van der Waals surface area contributed by atoms with E-state index in [0.29, 0.717) is 36.7 Å². The van der Waals surface area contributed by atoms with Crippen molar-refractivity contribution in [3.05, 3.63) is 78.1 Å². The molecule has 0 spiro atoms. The number of aliphatic carboxylic acids is 1. The number of pyridine rings is 1. The number of carboxylic acids is 1. The number of piperazine rings is 1. The summed E-state index contributed by atoms with van der Waals surface area (Å²) in [6.45, 7) is 2.82. The number of ether oxygens (including phenoxy) is 1. The lowest BCUT2D eigenvalue weighted by molar-refractivity contribution is -0.192. The van der Waals surface area contributed by atoms with Crippen LogP contribution in [0.4, 0.5) is 32.0 Å². The van der Waals surface area contributed by atoms with Gasteiger partial charge in [-0.3, -0.25) is 9.52 Å². The molecule has 0 bridgehead atoms. The molecular formula is C28H25F6N5O6S. The fourth-order valence-electron chi connectivity index (χ4n) is 4.29. The Morgan fingerprint density at radius 1 is 0.957 bits per heavy atom. The van der Waals surface area contributed by atoms with Crippen LogP contribution in [0.2, 0.25) is 0 Å². The lowest BCUT2D eigenvalue weighted by Crippen LogP contribution is -2.46. The Bertz CT molecular complexity index is 1820. The maximum Gasteiger partial charge on any atom is 0.490 e. The summed E-state index contributed by atoms with van der Waals surface area (Å²) in [5, 5.41) is 11.2. The monoisotopic (exact) mass is 673 g/mol. The summed E-state index contributed by atoms with van der Waals surface area (Å²) in [4.78, 5) is 27.5. The zero-order valence-corrected chi connectivity index (χ0v) is 24.5. The molecule has 1 amide bonds. The molecule has 18 heteroatoms. The van der Waals surface area contributed by atoms with Crippen molar-refractivity contribution in [1.29, 1.82) is 0 Å². The average Bonchev–Trinajstić information content (AvgIpc) is 3.33. The molecule has 0 saturated carbocycles. The van der Waals surface area contributed by atoms with Crippen molar-refractivity contribution in [3.63, 3.8) is 0 Å². The average molecular weight is 674 g/mol. The first-order valence-electron chi connectivity index (χ1n) is 13.2. The number of nitrogens with one attached hydrogen (secondary N) is 2. The number of fused-ring (bicyclic) bond motifs is 1. The fraction of sp³-hybridized carbons (Fsp3) is 0.250. The number of aromatic nitrogens is 2. The second-order valence-electron chi connectivity index (χ2n) is 9.77. The largest absolute Gasteiger partial charge is 0.490 e. The van der Waals surface area contributed by atoms with Gasteiger partial charge in [0.1, 0.15) is 11.4 Å². The third-order valence-electron chi connectivity index (χ3n) is 6.58. The summed E-state index contributed by atoms with van der Waals surface area (Å²) in [6, 6.07) is 13.3. The van der Waals surface area contributed by atoms with Crippen molar-refractivity contribution in [3.8, 4) is 11.6 Å². The predicted octanol–water partition coefficient (Wildman–Crippen LogP) is 4.86. The van der Waals surface area contributed by atoms with Crippen molar-refractivity contribution < 1.29 is 54.2 Å². The SMILES string of the molecule is Cn1c(C(=O)N2CCNCC2)cc2cc(Oc3ccc(NS(=O)(=O)c4ccc(C(F)(F)F)cc4)cn3)ccc21.O=C(O)C(F)(F)F. The molecule has 4 aromatic rings. The molecule has 2 aromatic carbocycles. The van der Waals surface area contributed by atoms with E-state index in [1.165, 1.54) is 18.3 Å². The molecule has 0 aliphatic carbocycles. The van der Waals surface area contributed by atoms with Crippen LogP contribution < -0.4 is 14.8 Å². The van der Waals surface area contributed by atoms with E-state index >= 15 is 0 Å². The Morgan fingerprint density at radius 2 is 1.59 bits per heavy atom. The van der Waals surface area contributed by atoms with Crippen LogP contribution in [-0.4, -0.2) is 72.2 Å². The molecule has 0 atom stereocenters. The first kappa shape index (κ1) is 34.0. The van der Waals surface area contributed by atoms with Crippen LogP contribution in [0.1, 0.15) is 16.1 Å². The van der Waals surface area contributed by atoms with Crippen LogP contribution in [0.15, 0.2) is 71.8 Å². The molecule has 5 rings (SSSR count). The second-order valence-corrected chi connectivity index (χ2v) is 11.5. The Balaban J connectivity index is 0.000000617. The Hall–Kier alpha value is -4.84. The van der Waals surface area contributed by atoms with Gasteiger partial charge in [0.2, 0.25) is 5.88 Å². The summed E-state index contributed by atoms with van der Waals surface area (Å²) >= 11 is 0. The minimum atomic E-state index is -5.08. The minimum Gasteiger partial charge on any atom is -0.475 e. The molecule has 2 aromatic heterocycles. The topological polar surface area (TPSA) is 143 Å². The van der Waals surface area contributed by atoms with Gasteiger partial charge in [-0.25, -0.2) is 18.2 Å². The quantitative estimate of drug-likeness (QED) is 0.247. The number of alkyl halides is 6. The summed E-state index contributed by atoms with van der Waals surface area (Å²) in [7, 11) is -2.29. The van der Waals surface area contributed by atoms with Crippen LogP contribution >= 0.6 is 0 Å². The number of carboxylic acid groups (broad SMARTS) is 1. The van der Waals surface area contributed by atoms with Gasteiger partial charge in [-0.15, -0.1) is 0 Å². The number of rotatable bonds is 6. The number of nitrogens with zero attached hydrogens (tertiary/aromatic N) is 3. The maximum absolute atomic E-state index is 13.0. The smallest absolute Gasteiger partial charge is 0.475 e. The normalized spacial score (nSPS) is 13.9. The maximum atomic E-state index is 13.0. The third-order valence-corrected chi connectivity index (χ3v) is 7.98. The highest BCUT2D eigenvalue weighted by Crippen LogP contribution is 2.31. The van der Waals surface area contributed by atoms with Crippen molar-refractivity contribution in [2.75, 3.05) is 30.9 Å². The van der Waals surface area contributed by atoms with Gasteiger partial charge < -0.3 is 24.6 Å². The van der Waals surface area contributed by atoms with Gasteiger partial charge >= 0.3 is 18.3 Å². The zero-order valence-electron chi connectivity index (χ0n) is 23.7. The van der Waals surface area contributed by atoms with Crippen molar-refractivity contribution in [2.45, 2.75) is 17.2 Å². The summed E-state index contributed by atoms with van der Waals surface area (Å²) in [5.41, 5.74) is 0.603. The fourth-order valence-corrected chi connectivity index (χ4v) is 5.33. The Labute approximate surface area is 257 Å². The number of anilines is 1. The van der Waals surface area contributed by atoms with E-state index in [0.717, 1.165) is 36.1 Å². The number of aryl methyl sites for hydroxylation is 1. The summed E-state index contributed by atoms with van der Waals surface area (Å²) in [6.07, 6.45) is -8.41. The van der Waals surface area contributed by atoms with E-state index in [1.54, 1.807) is 12.1 Å². The Kier molecular flexibility index (Phi) is 9.81. The number of carbonyl (C=O) groups is 2. The van der Waals surface area contributed by atoms with Gasteiger partial charge in [-0.05, 0) is 54.6 Å². The molecule has 1 aliphatic heterocycles. The van der Waals surface area contributed by atoms with Crippen LogP contribution in [0, 0.1) is 0 Å². The van der Waals surface area contributed by atoms with Crippen molar-refractivity contribution >= 4 is 38.5 Å². The number of hydrogen-bond acceptors (Lipinski definition) is 7. The molecule has 3 N–H and O–H groups in total. The van der Waals surface area contributed by atoms with Gasteiger partial charge in [-0.2, -0.15) is 26.3 Å². The van der Waals surface area contributed by atoms with Gasteiger partial charge in [0, 0.05) is 50.2 Å². The van der Waals surface area contributed by atoms with E-state index < -0.39 is 33.9 Å².